The number of hydrogen-bond acceptors (Lipinski definition) is 3. The van der Waals surface area contributed by atoms with Gasteiger partial charge in [-0.15, -0.1) is 0 Å². The molecule has 0 fully saturated rings. The third-order valence-electron chi connectivity index (χ3n) is 4.14. The molecule has 112 valence electrons. The van der Waals surface area contributed by atoms with Gasteiger partial charge in [0.05, 0.1) is 16.4 Å². The molecule has 4 heteroatoms. The van der Waals surface area contributed by atoms with E-state index in [1.54, 1.807) is 23.9 Å². The first kappa shape index (κ1) is 13.6. The van der Waals surface area contributed by atoms with Gasteiger partial charge in [0.1, 0.15) is 5.82 Å². The molecule has 0 radical (unpaired) electrons. The number of aromatic nitrogens is 3. The van der Waals surface area contributed by atoms with Gasteiger partial charge in [-0.2, -0.15) is 0 Å². The molecule has 2 aromatic heterocycles. The molecule has 0 saturated heterocycles. The van der Waals surface area contributed by atoms with E-state index < -0.39 is 0 Å². The van der Waals surface area contributed by atoms with Crippen LogP contribution in [0.4, 0.5) is 0 Å². The van der Waals surface area contributed by atoms with Crippen molar-refractivity contribution in [1.29, 1.82) is 0 Å². The summed E-state index contributed by atoms with van der Waals surface area (Å²) in [6, 6.07) is 15.5. The van der Waals surface area contributed by atoms with Crippen LogP contribution in [0.5, 0.6) is 0 Å². The molecule has 0 saturated carbocycles. The monoisotopic (exact) mass is 301 g/mol. The lowest BCUT2D eigenvalue weighted by atomic mass is 10.1. The highest BCUT2D eigenvalue weighted by Crippen LogP contribution is 2.23. The van der Waals surface area contributed by atoms with Gasteiger partial charge in [-0.25, -0.2) is 4.98 Å². The number of rotatable bonds is 1. The van der Waals surface area contributed by atoms with E-state index in [0.29, 0.717) is 16.7 Å². The Balaban J connectivity index is 2.13. The fourth-order valence-corrected chi connectivity index (χ4v) is 2.85. The Bertz CT molecular complexity index is 1100. The zero-order valence-corrected chi connectivity index (χ0v) is 12.9. The third kappa shape index (κ3) is 2.11. The first-order valence-corrected chi connectivity index (χ1v) is 7.46. The predicted molar refractivity (Wildman–Crippen MR) is 92.5 cm³/mol. The lowest BCUT2D eigenvalue weighted by Gasteiger charge is -2.11. The van der Waals surface area contributed by atoms with Crippen molar-refractivity contribution in [3.05, 3.63) is 70.6 Å². The first-order chi connectivity index (χ1) is 11.1. The third-order valence-corrected chi connectivity index (χ3v) is 4.14. The normalized spacial score (nSPS) is 11.2. The first-order valence-electron chi connectivity index (χ1n) is 7.46. The zero-order chi connectivity index (χ0) is 16.0. The van der Waals surface area contributed by atoms with Crippen LogP contribution in [-0.4, -0.2) is 14.5 Å². The summed E-state index contributed by atoms with van der Waals surface area (Å²) in [6.07, 6.45) is 1.75. The molecule has 0 aliphatic rings. The van der Waals surface area contributed by atoms with E-state index in [1.165, 1.54) is 5.56 Å². The second-order valence-corrected chi connectivity index (χ2v) is 5.70. The molecule has 0 unspecified atom stereocenters. The van der Waals surface area contributed by atoms with Crippen LogP contribution in [0.2, 0.25) is 0 Å². The van der Waals surface area contributed by atoms with Gasteiger partial charge >= 0.3 is 0 Å². The molecule has 4 nitrogen and oxygen atoms in total. The SMILES string of the molecule is Cc1ccc(-c2nc3c(ccc4ncccc43)c(=O)n2C)cc1. The molecule has 23 heavy (non-hydrogen) atoms. The lowest BCUT2D eigenvalue weighted by molar-refractivity contribution is 0.856. The highest BCUT2D eigenvalue weighted by molar-refractivity contribution is 6.03. The fourth-order valence-electron chi connectivity index (χ4n) is 2.85. The molecule has 0 N–H and O–H groups in total. The van der Waals surface area contributed by atoms with Crippen molar-refractivity contribution >= 4 is 21.8 Å². The summed E-state index contributed by atoms with van der Waals surface area (Å²) in [5.74, 6) is 0.666. The molecule has 4 rings (SSSR count). The van der Waals surface area contributed by atoms with Crippen LogP contribution in [0.3, 0.4) is 0 Å². The predicted octanol–water partition coefficient (Wildman–Crippen LogP) is 3.46. The summed E-state index contributed by atoms with van der Waals surface area (Å²) in [5.41, 5.74) is 3.60. The van der Waals surface area contributed by atoms with Gasteiger partial charge in [-0.1, -0.05) is 29.8 Å². The molecule has 0 aliphatic carbocycles. The van der Waals surface area contributed by atoms with Gasteiger partial charge in [0.15, 0.2) is 0 Å². The number of hydrogen-bond donors (Lipinski definition) is 0. The van der Waals surface area contributed by atoms with Crippen LogP contribution in [0.1, 0.15) is 5.56 Å². The van der Waals surface area contributed by atoms with Crippen molar-refractivity contribution < 1.29 is 0 Å². The Morgan fingerprint density at radius 1 is 0.957 bits per heavy atom. The molecule has 0 atom stereocenters. The fraction of sp³-hybridized carbons (Fsp3) is 0.105. The minimum Gasteiger partial charge on any atom is -0.295 e. The van der Waals surface area contributed by atoms with Gasteiger partial charge in [0, 0.05) is 24.2 Å². The van der Waals surface area contributed by atoms with E-state index in [4.69, 9.17) is 4.98 Å². The highest BCUT2D eigenvalue weighted by atomic mass is 16.1. The van der Waals surface area contributed by atoms with Crippen LogP contribution in [0.25, 0.3) is 33.2 Å². The number of aryl methyl sites for hydroxylation is 1. The molecule has 0 bridgehead atoms. The standard InChI is InChI=1S/C19H15N3O/c1-12-5-7-13(8-6-12)18-21-17-14-4-3-11-20-16(14)10-9-15(17)19(23)22(18)2/h3-11H,1-2H3. The van der Waals surface area contributed by atoms with Crippen LogP contribution in [0, 0.1) is 6.92 Å². The Labute approximate surface area is 133 Å². The number of fused-ring (bicyclic) bond motifs is 3. The molecule has 0 aliphatic heterocycles. The van der Waals surface area contributed by atoms with Crippen molar-refractivity contribution in [3.63, 3.8) is 0 Å². The zero-order valence-electron chi connectivity index (χ0n) is 12.9. The number of pyridine rings is 1. The Hall–Kier alpha value is -3.01. The molecule has 0 amide bonds. The molecule has 2 aromatic carbocycles. The van der Waals surface area contributed by atoms with Gasteiger partial charge < -0.3 is 0 Å². The van der Waals surface area contributed by atoms with E-state index in [2.05, 4.69) is 4.98 Å². The molecule has 2 heterocycles. The largest absolute Gasteiger partial charge is 0.295 e. The second kappa shape index (κ2) is 5.02. The lowest BCUT2D eigenvalue weighted by Crippen LogP contribution is -2.20. The molecule has 4 aromatic rings. The number of benzene rings is 2. The maximum atomic E-state index is 12.7. The average molecular weight is 301 g/mol. The minimum absolute atomic E-state index is 0.0451. The summed E-state index contributed by atoms with van der Waals surface area (Å²) < 4.78 is 1.61. The van der Waals surface area contributed by atoms with Crippen molar-refractivity contribution in [1.82, 2.24) is 14.5 Å². The highest BCUT2D eigenvalue weighted by Gasteiger charge is 2.12. The maximum absolute atomic E-state index is 12.7. The van der Waals surface area contributed by atoms with Gasteiger partial charge in [0.2, 0.25) is 0 Å². The van der Waals surface area contributed by atoms with Gasteiger partial charge in [-0.05, 0) is 31.2 Å². The van der Waals surface area contributed by atoms with Crippen molar-refractivity contribution in [3.8, 4) is 11.4 Å². The van der Waals surface area contributed by atoms with E-state index in [1.807, 2.05) is 49.4 Å². The van der Waals surface area contributed by atoms with E-state index >= 15 is 0 Å². The van der Waals surface area contributed by atoms with Crippen molar-refractivity contribution in [2.24, 2.45) is 7.05 Å². The Morgan fingerprint density at radius 3 is 2.52 bits per heavy atom. The summed E-state index contributed by atoms with van der Waals surface area (Å²) in [6.45, 7) is 2.04. The number of nitrogens with zero attached hydrogens (tertiary/aromatic N) is 3. The summed E-state index contributed by atoms with van der Waals surface area (Å²) in [4.78, 5) is 21.9. The molecule has 0 spiro atoms. The average Bonchev–Trinajstić information content (AvgIpc) is 2.58. The minimum atomic E-state index is -0.0451. The second-order valence-electron chi connectivity index (χ2n) is 5.70. The summed E-state index contributed by atoms with van der Waals surface area (Å²) in [5, 5.41) is 1.51. The molecular formula is C19H15N3O. The molecular weight excluding hydrogens is 286 g/mol. The van der Waals surface area contributed by atoms with Crippen molar-refractivity contribution in [2.75, 3.05) is 0 Å². The smallest absolute Gasteiger partial charge is 0.261 e. The van der Waals surface area contributed by atoms with E-state index in [9.17, 15) is 4.79 Å². The van der Waals surface area contributed by atoms with Crippen LogP contribution in [-0.2, 0) is 7.05 Å². The Morgan fingerprint density at radius 2 is 1.74 bits per heavy atom. The summed E-state index contributed by atoms with van der Waals surface area (Å²) in [7, 11) is 1.76. The quantitative estimate of drug-likeness (QED) is 0.506. The topological polar surface area (TPSA) is 47.8 Å². The van der Waals surface area contributed by atoms with Crippen LogP contribution < -0.4 is 5.56 Å². The van der Waals surface area contributed by atoms with Crippen LogP contribution >= 0.6 is 0 Å². The summed E-state index contributed by atoms with van der Waals surface area (Å²) >= 11 is 0. The van der Waals surface area contributed by atoms with Crippen LogP contribution in [0.15, 0.2) is 59.5 Å². The maximum Gasteiger partial charge on any atom is 0.261 e. The van der Waals surface area contributed by atoms with E-state index in [-0.39, 0.29) is 5.56 Å². The van der Waals surface area contributed by atoms with Gasteiger partial charge in [0.25, 0.3) is 5.56 Å². The van der Waals surface area contributed by atoms with Crippen molar-refractivity contribution in [2.45, 2.75) is 6.92 Å². The van der Waals surface area contributed by atoms with E-state index in [0.717, 1.165) is 16.5 Å². The Kier molecular flexibility index (Phi) is 2.98. The van der Waals surface area contributed by atoms with Gasteiger partial charge in [-0.3, -0.25) is 14.3 Å².